The van der Waals surface area contributed by atoms with Crippen LogP contribution in [0.4, 0.5) is 0 Å². The number of aliphatic hydroxyl groups excluding tert-OH is 2. The number of hydrogen-bond donors (Lipinski definition) is 4. The van der Waals surface area contributed by atoms with Crippen LogP contribution in [0.3, 0.4) is 0 Å². The summed E-state index contributed by atoms with van der Waals surface area (Å²) >= 11 is 0. The Balaban J connectivity index is 0.000000453. The van der Waals surface area contributed by atoms with Gasteiger partial charge in [-0.2, -0.15) is 0 Å². The van der Waals surface area contributed by atoms with E-state index in [1.165, 1.54) is 32.4 Å². The number of carbonyl (C=O) groups is 4. The second kappa shape index (κ2) is 16.5. The number of piperidine rings is 1. The summed E-state index contributed by atoms with van der Waals surface area (Å²) < 4.78 is 28.6. The van der Waals surface area contributed by atoms with Gasteiger partial charge in [-0.15, -0.1) is 0 Å². The van der Waals surface area contributed by atoms with E-state index in [1.807, 2.05) is 31.2 Å². The number of amides is 2. The van der Waals surface area contributed by atoms with Crippen LogP contribution >= 0.6 is 0 Å². The summed E-state index contributed by atoms with van der Waals surface area (Å²) in [6.07, 6.45) is 5.77. The maximum Gasteiger partial charge on any atom is 0.335 e. The fourth-order valence-corrected chi connectivity index (χ4v) is 8.11. The minimum absolute atomic E-state index is 0.0121. The Labute approximate surface area is 280 Å². The third-order valence-corrected chi connectivity index (χ3v) is 10.8. The molecule has 0 saturated carbocycles. The number of carbonyl (C=O) groups excluding carboxylic acids is 2. The Kier molecular flexibility index (Phi) is 12.7. The van der Waals surface area contributed by atoms with Gasteiger partial charge >= 0.3 is 11.9 Å². The molecule has 2 unspecified atom stereocenters. The van der Waals surface area contributed by atoms with Crippen molar-refractivity contribution in [1.29, 1.82) is 0 Å². The van der Waals surface area contributed by atoms with Crippen molar-refractivity contribution in [3.8, 4) is 0 Å². The highest BCUT2D eigenvalue weighted by atomic mass is 32.2. The van der Waals surface area contributed by atoms with Crippen LogP contribution in [0.15, 0.2) is 59.1 Å². The molecule has 4 atom stereocenters. The monoisotopic (exact) mass is 687 g/mol. The highest BCUT2D eigenvalue weighted by molar-refractivity contribution is 7.89. The fraction of sp³-hybridized carbons (Fsp3) is 0.529. The molecule has 3 heterocycles. The van der Waals surface area contributed by atoms with Gasteiger partial charge in [-0.1, -0.05) is 56.5 Å². The maximum absolute atomic E-state index is 13.8. The standard InChI is InChI=1S/C30H39N3O4S.C4H6O6/c1-2-11-26-29-27(17-21-32(29)28(34)14-5-3-8-18-31-19-9-4-10-20-31)33(30(26)35)38(36,37)25-16-15-23-12-6-7-13-24(23)22-25;5-1(3(7)8)2(6)4(9)10/h6-7,12-13,15-17,22,26,29H,2-5,8-11,14,18-21H2,1H3;1-2,5-6H,(H,7,8)(H,9,10)/t26-,29-;/m1./s1. The number of benzene rings is 2. The van der Waals surface area contributed by atoms with E-state index in [-0.39, 0.29) is 10.8 Å². The van der Waals surface area contributed by atoms with Crippen molar-refractivity contribution in [1.82, 2.24) is 14.1 Å². The minimum atomic E-state index is -4.10. The summed E-state index contributed by atoms with van der Waals surface area (Å²) in [6, 6.07) is 12.0. The van der Waals surface area contributed by atoms with Crippen molar-refractivity contribution in [2.24, 2.45) is 5.92 Å². The summed E-state index contributed by atoms with van der Waals surface area (Å²) in [6.45, 7) is 5.81. The molecular formula is C34H45N3O10S. The summed E-state index contributed by atoms with van der Waals surface area (Å²) in [7, 11) is -4.10. The van der Waals surface area contributed by atoms with Gasteiger partial charge in [0.1, 0.15) is 0 Å². The number of aliphatic hydroxyl groups is 2. The van der Waals surface area contributed by atoms with Crippen molar-refractivity contribution >= 4 is 44.5 Å². The Morgan fingerprint density at radius 2 is 1.54 bits per heavy atom. The number of carboxylic acids is 2. The zero-order chi connectivity index (χ0) is 35.0. The molecule has 3 aliphatic rings. The van der Waals surface area contributed by atoms with Crippen LogP contribution in [-0.4, -0.2) is 111 Å². The number of aliphatic carboxylic acids is 2. The summed E-state index contributed by atoms with van der Waals surface area (Å²) in [5.41, 5.74) is 0.444. The number of rotatable bonds is 13. The molecule has 2 aromatic rings. The second-order valence-electron chi connectivity index (χ2n) is 12.4. The molecule has 3 aliphatic heterocycles. The first-order valence-electron chi connectivity index (χ1n) is 16.5. The number of unbranched alkanes of at least 4 members (excludes halogenated alkanes) is 2. The Bertz CT molecular complexity index is 1600. The van der Waals surface area contributed by atoms with Crippen molar-refractivity contribution < 1.29 is 48.0 Å². The molecule has 0 bridgehead atoms. The number of likely N-dealkylation sites (tertiary alicyclic amines) is 1. The van der Waals surface area contributed by atoms with Crippen LogP contribution in [0.1, 0.15) is 64.7 Å². The van der Waals surface area contributed by atoms with Gasteiger partial charge in [-0.3, -0.25) is 9.59 Å². The van der Waals surface area contributed by atoms with Crippen LogP contribution < -0.4 is 0 Å². The molecule has 2 saturated heterocycles. The molecular weight excluding hydrogens is 642 g/mol. The molecule has 2 amide bonds. The zero-order valence-corrected chi connectivity index (χ0v) is 27.9. The third-order valence-electron chi connectivity index (χ3n) is 9.07. The molecule has 0 aliphatic carbocycles. The van der Waals surface area contributed by atoms with Crippen LogP contribution in [0.2, 0.25) is 0 Å². The smallest absolute Gasteiger partial charge is 0.335 e. The summed E-state index contributed by atoms with van der Waals surface area (Å²) in [5, 5.41) is 34.3. The minimum Gasteiger partial charge on any atom is -0.479 e. The van der Waals surface area contributed by atoms with Crippen LogP contribution in [0, 0.1) is 5.92 Å². The molecule has 13 nitrogen and oxygen atoms in total. The first-order valence-corrected chi connectivity index (χ1v) is 17.9. The van der Waals surface area contributed by atoms with E-state index in [9.17, 15) is 27.6 Å². The molecule has 4 N–H and O–H groups in total. The second-order valence-corrected chi connectivity index (χ2v) is 14.2. The first kappa shape index (κ1) is 37.0. The Morgan fingerprint density at radius 1 is 0.896 bits per heavy atom. The van der Waals surface area contributed by atoms with Crippen molar-refractivity contribution in [2.75, 3.05) is 26.2 Å². The lowest BCUT2D eigenvalue weighted by Crippen LogP contribution is -2.41. The molecule has 48 heavy (non-hydrogen) atoms. The van der Waals surface area contributed by atoms with Gasteiger partial charge in [0.2, 0.25) is 11.8 Å². The van der Waals surface area contributed by atoms with Gasteiger partial charge in [-0.05, 0) is 80.7 Å². The first-order chi connectivity index (χ1) is 22.9. The zero-order valence-electron chi connectivity index (χ0n) is 27.1. The van der Waals surface area contributed by atoms with E-state index in [4.69, 9.17) is 20.4 Å². The average Bonchev–Trinajstić information content (AvgIpc) is 3.62. The lowest BCUT2D eigenvalue weighted by atomic mass is 9.96. The number of carboxylic acid groups (broad SMARTS) is 2. The maximum atomic E-state index is 13.8. The molecule has 262 valence electrons. The molecule has 0 radical (unpaired) electrons. The topological polar surface area (TPSA) is 193 Å². The van der Waals surface area contributed by atoms with Crippen LogP contribution in [0.25, 0.3) is 10.8 Å². The molecule has 2 fully saturated rings. The predicted molar refractivity (Wildman–Crippen MR) is 176 cm³/mol. The third kappa shape index (κ3) is 8.41. The van der Waals surface area contributed by atoms with E-state index in [0.29, 0.717) is 25.1 Å². The lowest BCUT2D eigenvalue weighted by Gasteiger charge is -2.27. The summed E-state index contributed by atoms with van der Waals surface area (Å²) in [4.78, 5) is 50.8. The van der Waals surface area contributed by atoms with E-state index < -0.39 is 52.0 Å². The van der Waals surface area contributed by atoms with Crippen molar-refractivity contribution in [3.63, 3.8) is 0 Å². The highest BCUT2D eigenvalue weighted by Gasteiger charge is 2.54. The van der Waals surface area contributed by atoms with Gasteiger partial charge in [0.25, 0.3) is 10.0 Å². The van der Waals surface area contributed by atoms with Crippen LogP contribution in [0.5, 0.6) is 0 Å². The number of hydrogen-bond acceptors (Lipinski definition) is 9. The Hall–Kier alpha value is -3.85. The number of fused-ring (bicyclic) bond motifs is 2. The van der Waals surface area contributed by atoms with E-state index in [1.54, 1.807) is 29.2 Å². The summed E-state index contributed by atoms with van der Waals surface area (Å²) in [5.74, 6) is -4.48. The number of nitrogens with zero attached hydrogens (tertiary/aromatic N) is 3. The van der Waals surface area contributed by atoms with E-state index >= 15 is 0 Å². The largest absolute Gasteiger partial charge is 0.479 e. The fourth-order valence-electron chi connectivity index (χ4n) is 6.55. The van der Waals surface area contributed by atoms with E-state index in [2.05, 4.69) is 4.90 Å². The normalized spacial score (nSPS) is 20.9. The van der Waals surface area contributed by atoms with Gasteiger partial charge < -0.3 is 30.2 Å². The van der Waals surface area contributed by atoms with Crippen molar-refractivity contribution in [2.45, 2.75) is 87.9 Å². The van der Waals surface area contributed by atoms with Gasteiger partial charge in [-0.25, -0.2) is 22.3 Å². The van der Waals surface area contributed by atoms with Crippen molar-refractivity contribution in [3.05, 3.63) is 54.2 Å². The van der Waals surface area contributed by atoms with Crippen LogP contribution in [-0.2, 0) is 29.2 Å². The van der Waals surface area contributed by atoms with Gasteiger partial charge in [0.15, 0.2) is 12.2 Å². The molecule has 2 aromatic carbocycles. The molecule has 0 aromatic heterocycles. The SMILES string of the molecule is CCC[C@H]1C(=O)N(S(=O)(=O)c2ccc3ccccc3c2)C2=CCN(C(=O)CCCCCN3CCCCC3)[C@@H]21.O=C(O)C(O)C(O)C(=O)O. The van der Waals surface area contributed by atoms with Gasteiger partial charge in [0.05, 0.1) is 22.6 Å². The van der Waals surface area contributed by atoms with E-state index in [0.717, 1.165) is 47.3 Å². The van der Waals surface area contributed by atoms with Gasteiger partial charge in [0, 0.05) is 13.0 Å². The lowest BCUT2D eigenvalue weighted by molar-refractivity contribution is -0.165. The number of sulfonamides is 1. The molecule has 14 heteroatoms. The average molecular weight is 688 g/mol. The Morgan fingerprint density at radius 3 is 2.17 bits per heavy atom. The molecule has 5 rings (SSSR count). The quantitative estimate of drug-likeness (QED) is 0.226. The molecule has 0 spiro atoms. The highest BCUT2D eigenvalue weighted by Crippen LogP contribution is 2.42. The predicted octanol–water partition coefficient (Wildman–Crippen LogP) is 2.81.